The van der Waals surface area contributed by atoms with Gasteiger partial charge in [0.05, 0.1) is 40.6 Å². The number of primary amides is 1. The van der Waals surface area contributed by atoms with E-state index >= 15 is 0 Å². The van der Waals surface area contributed by atoms with Gasteiger partial charge in [-0.25, -0.2) is 13.8 Å². The number of anilines is 1. The van der Waals surface area contributed by atoms with E-state index in [4.69, 9.17) is 11.0 Å². The fourth-order valence-corrected chi connectivity index (χ4v) is 3.68. The minimum Gasteiger partial charge on any atom is -0.364 e. The monoisotopic (exact) mass is 514 g/mol. The number of halogens is 5. The van der Waals surface area contributed by atoms with Crippen LogP contribution in [0.15, 0.2) is 42.5 Å². The van der Waals surface area contributed by atoms with Crippen LogP contribution in [0.2, 0.25) is 0 Å². The van der Waals surface area contributed by atoms with Crippen LogP contribution in [0, 0.1) is 29.9 Å². The van der Waals surface area contributed by atoms with E-state index in [0.29, 0.717) is 17.2 Å². The Balaban J connectivity index is 1.80. The maximum absolute atomic E-state index is 14.6. The molecular formula is C24H15F5N6O2. The number of carbonyl (C=O) groups excluding carboxylic acids is 2. The Morgan fingerprint density at radius 2 is 1.81 bits per heavy atom. The molecule has 0 saturated heterocycles. The molecule has 37 heavy (non-hydrogen) atoms. The third-order valence-corrected chi connectivity index (χ3v) is 5.45. The van der Waals surface area contributed by atoms with Gasteiger partial charge in [-0.05, 0) is 30.7 Å². The quantitative estimate of drug-likeness (QED) is 0.384. The zero-order chi connectivity index (χ0) is 27.1. The number of alkyl halides is 3. The summed E-state index contributed by atoms with van der Waals surface area (Å²) in [5.41, 5.74) is 2.38. The normalized spacial score (nSPS) is 11.4. The molecule has 2 heterocycles. The Labute approximate surface area is 205 Å². The van der Waals surface area contributed by atoms with Crippen LogP contribution in [0.5, 0.6) is 0 Å². The van der Waals surface area contributed by atoms with Crippen molar-refractivity contribution in [3.8, 4) is 6.07 Å². The number of carbonyl (C=O) groups is 2. The molecule has 0 radical (unpaired) electrons. The van der Waals surface area contributed by atoms with E-state index in [1.54, 1.807) is 12.1 Å². The molecule has 2 aromatic heterocycles. The van der Waals surface area contributed by atoms with Gasteiger partial charge in [0.15, 0.2) is 5.69 Å². The molecule has 0 atom stereocenters. The summed E-state index contributed by atoms with van der Waals surface area (Å²) in [7, 11) is 0. The minimum absolute atomic E-state index is 0.0787. The van der Waals surface area contributed by atoms with Crippen molar-refractivity contribution in [2.24, 2.45) is 5.73 Å². The van der Waals surface area contributed by atoms with E-state index in [1.807, 2.05) is 6.07 Å². The first-order valence-electron chi connectivity index (χ1n) is 10.4. The van der Waals surface area contributed by atoms with Crippen LogP contribution >= 0.6 is 0 Å². The molecule has 0 fully saturated rings. The molecule has 0 aliphatic carbocycles. The van der Waals surface area contributed by atoms with Gasteiger partial charge < -0.3 is 11.1 Å². The summed E-state index contributed by atoms with van der Waals surface area (Å²) in [4.78, 5) is 28.5. The molecule has 188 valence electrons. The number of aromatic nitrogens is 3. The molecule has 0 unspecified atom stereocenters. The number of hydrogen-bond donors (Lipinski definition) is 2. The first-order chi connectivity index (χ1) is 17.4. The Morgan fingerprint density at radius 3 is 2.41 bits per heavy atom. The van der Waals surface area contributed by atoms with E-state index in [1.165, 1.54) is 19.1 Å². The van der Waals surface area contributed by atoms with Gasteiger partial charge in [0.2, 0.25) is 0 Å². The highest BCUT2D eigenvalue weighted by atomic mass is 19.4. The molecule has 8 nitrogen and oxygen atoms in total. The summed E-state index contributed by atoms with van der Waals surface area (Å²) < 4.78 is 70.8. The third kappa shape index (κ3) is 4.94. The smallest absolute Gasteiger partial charge is 0.364 e. The molecule has 0 saturated carbocycles. The largest absolute Gasteiger partial charge is 0.437 e. The number of hydrogen-bond acceptors (Lipinski definition) is 5. The number of benzene rings is 2. The van der Waals surface area contributed by atoms with E-state index in [-0.39, 0.29) is 12.2 Å². The molecule has 0 spiro atoms. The molecule has 0 bridgehead atoms. The number of nitrogens with two attached hydrogens (primary N) is 1. The molecule has 3 N–H and O–H groups in total. The molecule has 13 heteroatoms. The van der Waals surface area contributed by atoms with Crippen molar-refractivity contribution in [2.75, 3.05) is 5.32 Å². The van der Waals surface area contributed by atoms with Crippen molar-refractivity contribution in [2.45, 2.75) is 19.6 Å². The van der Waals surface area contributed by atoms with Crippen LogP contribution in [-0.2, 0) is 12.7 Å². The van der Waals surface area contributed by atoms with Gasteiger partial charge in [-0.1, -0.05) is 12.1 Å². The number of nitrogens with one attached hydrogen (secondary N) is 1. The molecule has 2 amide bonds. The fourth-order valence-electron chi connectivity index (χ4n) is 3.68. The predicted molar refractivity (Wildman–Crippen MR) is 120 cm³/mol. The zero-order valence-electron chi connectivity index (χ0n) is 18.8. The van der Waals surface area contributed by atoms with E-state index in [2.05, 4.69) is 15.4 Å². The van der Waals surface area contributed by atoms with Crippen molar-refractivity contribution < 1.29 is 31.5 Å². The van der Waals surface area contributed by atoms with Crippen LogP contribution in [-0.4, -0.2) is 26.6 Å². The van der Waals surface area contributed by atoms with Crippen LogP contribution in [0.25, 0.3) is 10.9 Å². The van der Waals surface area contributed by atoms with Gasteiger partial charge in [-0.3, -0.25) is 14.3 Å². The van der Waals surface area contributed by atoms with Crippen molar-refractivity contribution in [3.63, 3.8) is 0 Å². The Morgan fingerprint density at radius 1 is 1.14 bits per heavy atom. The fraction of sp³-hybridized carbons (Fsp3) is 0.125. The van der Waals surface area contributed by atoms with Crippen LogP contribution in [0.1, 0.15) is 43.4 Å². The van der Waals surface area contributed by atoms with Crippen molar-refractivity contribution in [1.29, 1.82) is 5.26 Å². The lowest BCUT2D eigenvalue weighted by Crippen LogP contribution is -2.20. The van der Waals surface area contributed by atoms with Gasteiger partial charge in [0.1, 0.15) is 17.3 Å². The molecule has 0 aliphatic heterocycles. The number of rotatable bonds is 5. The lowest BCUT2D eigenvalue weighted by atomic mass is 10.1. The molecule has 4 aromatic rings. The first-order valence-corrected chi connectivity index (χ1v) is 10.4. The van der Waals surface area contributed by atoms with Gasteiger partial charge in [-0.15, -0.1) is 0 Å². The van der Waals surface area contributed by atoms with Crippen molar-refractivity contribution in [3.05, 3.63) is 87.9 Å². The summed E-state index contributed by atoms with van der Waals surface area (Å²) in [6.07, 6.45) is -4.98. The number of pyridine rings is 1. The summed E-state index contributed by atoms with van der Waals surface area (Å²) in [6, 6.07) is 10.0. The molecular weight excluding hydrogens is 499 g/mol. The molecule has 0 aliphatic rings. The second-order valence-electron chi connectivity index (χ2n) is 7.93. The highest BCUT2D eigenvalue weighted by Gasteiger charge is 2.39. The Bertz CT molecular complexity index is 1600. The van der Waals surface area contributed by atoms with Crippen molar-refractivity contribution >= 4 is 28.4 Å². The van der Waals surface area contributed by atoms with Gasteiger partial charge in [0.25, 0.3) is 11.8 Å². The number of nitrogens with zero attached hydrogens (tertiary/aromatic N) is 4. The van der Waals surface area contributed by atoms with E-state index in [0.717, 1.165) is 16.8 Å². The number of nitriles is 1. The minimum atomic E-state index is -4.98. The lowest BCUT2D eigenvalue weighted by Gasteiger charge is -2.12. The standard InChI is InChI=1S/C24H15F5N6O2/c1-11-20(21(24(27,28)29)34-35(11)10-13-4-2-12(9-30)3-5-13)33-23(37)15-8-18(22(31)36)32-17-7-14(25)6-16(26)19(15)17/h2-8H,10H2,1H3,(H2,31,36)(H,33,37). The van der Waals surface area contributed by atoms with Gasteiger partial charge >= 0.3 is 6.18 Å². The topological polar surface area (TPSA) is 127 Å². The maximum atomic E-state index is 14.6. The SMILES string of the molecule is Cc1c(NC(=O)c2cc(C(N)=O)nc3cc(F)cc(F)c23)c(C(F)(F)F)nn1Cc1ccc(C#N)cc1. The van der Waals surface area contributed by atoms with E-state index in [9.17, 15) is 31.5 Å². The number of fused-ring (bicyclic) bond motifs is 1. The predicted octanol–water partition coefficient (Wildman–Crippen LogP) is 4.31. The Kier molecular flexibility index (Phi) is 6.35. The Hall–Kier alpha value is -4.86. The summed E-state index contributed by atoms with van der Waals surface area (Å²) in [6.45, 7) is 1.17. The van der Waals surface area contributed by atoms with Gasteiger partial charge in [-0.2, -0.15) is 23.5 Å². The summed E-state index contributed by atoms with van der Waals surface area (Å²) >= 11 is 0. The summed E-state index contributed by atoms with van der Waals surface area (Å²) in [5.74, 6) is -4.62. The highest BCUT2D eigenvalue weighted by molar-refractivity contribution is 6.14. The number of amides is 2. The van der Waals surface area contributed by atoms with E-state index < -0.39 is 63.2 Å². The van der Waals surface area contributed by atoms with Crippen LogP contribution < -0.4 is 11.1 Å². The van der Waals surface area contributed by atoms with Crippen LogP contribution in [0.4, 0.5) is 27.6 Å². The van der Waals surface area contributed by atoms with Crippen LogP contribution in [0.3, 0.4) is 0 Å². The molecule has 2 aromatic carbocycles. The average Bonchev–Trinajstić information content (AvgIpc) is 3.13. The third-order valence-electron chi connectivity index (χ3n) is 5.45. The maximum Gasteiger partial charge on any atom is 0.437 e. The highest BCUT2D eigenvalue weighted by Crippen LogP contribution is 2.36. The second-order valence-corrected chi connectivity index (χ2v) is 7.93. The average molecular weight is 514 g/mol. The summed E-state index contributed by atoms with van der Waals surface area (Å²) in [5, 5.41) is 14.1. The molecule has 4 rings (SSSR count). The zero-order valence-corrected chi connectivity index (χ0v) is 18.8. The second kappa shape index (κ2) is 9.30. The lowest BCUT2D eigenvalue weighted by molar-refractivity contribution is -0.140. The van der Waals surface area contributed by atoms with Crippen molar-refractivity contribution in [1.82, 2.24) is 14.8 Å². The van der Waals surface area contributed by atoms with Gasteiger partial charge in [0, 0.05) is 17.5 Å². The first kappa shape index (κ1) is 25.2.